The highest BCUT2D eigenvalue weighted by atomic mass is 28.4. The molecule has 186 valence electrons. The van der Waals surface area contributed by atoms with E-state index in [1.165, 1.54) is 5.56 Å². The van der Waals surface area contributed by atoms with E-state index in [9.17, 15) is 9.59 Å². The van der Waals surface area contributed by atoms with E-state index in [0.717, 1.165) is 13.0 Å². The molecule has 5 nitrogen and oxygen atoms in total. The largest absolute Gasteiger partial charge is 0.416 e. The summed E-state index contributed by atoms with van der Waals surface area (Å²) in [4.78, 5) is 25.6. The Morgan fingerprint density at radius 3 is 2.15 bits per heavy atom. The first kappa shape index (κ1) is 27.7. The summed E-state index contributed by atoms with van der Waals surface area (Å²) in [5, 5.41) is 8.91. The molecule has 3 rings (SSSR count). The maximum absolute atomic E-state index is 12.7. The monoisotopic (exact) mass is 475 g/mol. The summed E-state index contributed by atoms with van der Waals surface area (Å²) in [5.74, 6) is 1.26. The Kier molecular flexibility index (Phi) is 9.48. The van der Waals surface area contributed by atoms with Crippen LogP contribution in [0.2, 0.25) is 18.1 Å². The summed E-state index contributed by atoms with van der Waals surface area (Å²) in [7, 11) is -1.77. The molecule has 5 atom stereocenters. The average Bonchev–Trinajstić information content (AvgIpc) is 3.24. The van der Waals surface area contributed by atoms with Crippen LogP contribution in [-0.4, -0.2) is 49.8 Å². The molecule has 1 saturated heterocycles. The van der Waals surface area contributed by atoms with Crippen molar-refractivity contribution in [1.29, 1.82) is 0 Å². The number of aliphatic hydroxyl groups excluding tert-OH is 1. The van der Waals surface area contributed by atoms with Gasteiger partial charge in [0.2, 0.25) is 5.91 Å². The van der Waals surface area contributed by atoms with Crippen molar-refractivity contribution in [3.8, 4) is 0 Å². The summed E-state index contributed by atoms with van der Waals surface area (Å²) < 4.78 is 6.39. The minimum Gasteiger partial charge on any atom is -0.416 e. The molecule has 6 heteroatoms. The van der Waals surface area contributed by atoms with Crippen molar-refractivity contribution in [3.05, 3.63) is 35.9 Å². The van der Waals surface area contributed by atoms with E-state index in [1.54, 1.807) is 0 Å². The third-order valence-electron chi connectivity index (χ3n) is 8.24. The van der Waals surface area contributed by atoms with Crippen molar-refractivity contribution >= 4 is 20.0 Å². The molecule has 0 radical (unpaired) electrons. The van der Waals surface area contributed by atoms with Crippen LogP contribution in [-0.2, 0) is 14.0 Å². The second kappa shape index (κ2) is 11.3. The molecule has 0 bridgehead atoms. The predicted molar refractivity (Wildman–Crippen MR) is 136 cm³/mol. The SMILES string of the molecule is C[C@H](c1ccccc1)N1C[C@H](CO[Si](C)(C)C(C)(C)C)[C@@H](C)C1=O.C[C@H]1C(=O)CC[C@@H]1CO. The Morgan fingerprint density at radius 1 is 1.09 bits per heavy atom. The fourth-order valence-corrected chi connectivity index (χ4v) is 5.33. The first-order valence-corrected chi connectivity index (χ1v) is 15.3. The van der Waals surface area contributed by atoms with Gasteiger partial charge in [0.05, 0.1) is 6.04 Å². The molecule has 0 spiro atoms. The molecule has 33 heavy (non-hydrogen) atoms. The first-order valence-electron chi connectivity index (χ1n) is 12.4. The summed E-state index contributed by atoms with van der Waals surface area (Å²) in [6.07, 6.45) is 1.56. The quantitative estimate of drug-likeness (QED) is 0.555. The third kappa shape index (κ3) is 6.77. The van der Waals surface area contributed by atoms with Crippen molar-refractivity contribution in [2.75, 3.05) is 19.8 Å². The molecule has 2 aliphatic rings. The van der Waals surface area contributed by atoms with E-state index in [1.807, 2.05) is 30.0 Å². The number of aliphatic hydroxyl groups is 1. The van der Waals surface area contributed by atoms with E-state index in [0.29, 0.717) is 18.8 Å². The number of hydrogen-bond acceptors (Lipinski definition) is 4. The van der Waals surface area contributed by atoms with Crippen molar-refractivity contribution in [1.82, 2.24) is 4.90 Å². The van der Waals surface area contributed by atoms with Gasteiger partial charge in [-0.25, -0.2) is 0 Å². The van der Waals surface area contributed by atoms with E-state index >= 15 is 0 Å². The molecule has 1 N–H and O–H groups in total. The van der Waals surface area contributed by atoms with E-state index < -0.39 is 8.32 Å². The Labute approximate surface area is 202 Å². The smallest absolute Gasteiger partial charge is 0.226 e. The molecule has 1 saturated carbocycles. The van der Waals surface area contributed by atoms with Crippen molar-refractivity contribution in [2.45, 2.75) is 78.6 Å². The first-order chi connectivity index (χ1) is 15.3. The summed E-state index contributed by atoms with van der Waals surface area (Å²) in [5.41, 5.74) is 1.20. The molecule has 1 heterocycles. The van der Waals surface area contributed by atoms with Gasteiger partial charge in [-0.3, -0.25) is 9.59 Å². The highest BCUT2D eigenvalue weighted by Crippen LogP contribution is 2.38. The molecule has 1 aliphatic carbocycles. The normalized spacial score (nSPS) is 26.9. The Bertz CT molecular complexity index is 789. The van der Waals surface area contributed by atoms with Gasteiger partial charge in [0.25, 0.3) is 0 Å². The van der Waals surface area contributed by atoms with Crippen LogP contribution in [0.3, 0.4) is 0 Å². The van der Waals surface area contributed by atoms with Crippen molar-refractivity contribution in [2.24, 2.45) is 23.7 Å². The number of carbonyl (C=O) groups is 2. The van der Waals surface area contributed by atoms with Crippen LogP contribution < -0.4 is 0 Å². The van der Waals surface area contributed by atoms with Crippen LogP contribution in [0.25, 0.3) is 0 Å². The third-order valence-corrected chi connectivity index (χ3v) is 12.7. The number of nitrogens with zero attached hydrogens (tertiary/aromatic N) is 1. The van der Waals surface area contributed by atoms with Gasteiger partial charge < -0.3 is 14.4 Å². The average molecular weight is 476 g/mol. The molecule has 2 fully saturated rings. The number of hydrogen-bond donors (Lipinski definition) is 1. The van der Waals surface area contributed by atoms with Gasteiger partial charge >= 0.3 is 0 Å². The summed E-state index contributed by atoms with van der Waals surface area (Å²) in [6, 6.07) is 10.4. The lowest BCUT2D eigenvalue weighted by molar-refractivity contribution is -0.132. The van der Waals surface area contributed by atoms with Crippen LogP contribution in [0.4, 0.5) is 0 Å². The van der Waals surface area contributed by atoms with Gasteiger partial charge in [0.1, 0.15) is 5.78 Å². The Hall–Kier alpha value is -1.50. The number of benzene rings is 1. The van der Waals surface area contributed by atoms with E-state index in [-0.39, 0.29) is 47.3 Å². The molecular weight excluding hydrogens is 430 g/mol. The van der Waals surface area contributed by atoms with Crippen molar-refractivity contribution in [3.63, 3.8) is 0 Å². The summed E-state index contributed by atoms with van der Waals surface area (Å²) in [6.45, 7) is 19.1. The zero-order valence-corrected chi connectivity index (χ0v) is 22.9. The Balaban J connectivity index is 0.000000357. The minimum atomic E-state index is -1.77. The second-order valence-electron chi connectivity index (χ2n) is 11.4. The van der Waals surface area contributed by atoms with Gasteiger partial charge in [-0.15, -0.1) is 0 Å². The van der Waals surface area contributed by atoms with Gasteiger partial charge in [-0.05, 0) is 43.0 Å². The topological polar surface area (TPSA) is 66.8 Å². The van der Waals surface area contributed by atoms with E-state index in [2.05, 4.69) is 59.8 Å². The molecule has 0 aromatic heterocycles. The summed E-state index contributed by atoms with van der Waals surface area (Å²) >= 11 is 0. The maximum atomic E-state index is 12.7. The maximum Gasteiger partial charge on any atom is 0.226 e. The van der Waals surface area contributed by atoms with Gasteiger partial charge in [-0.1, -0.05) is 65.0 Å². The minimum absolute atomic E-state index is 0.0425. The van der Waals surface area contributed by atoms with E-state index in [4.69, 9.17) is 9.53 Å². The molecule has 1 aromatic rings. The molecule has 1 amide bonds. The van der Waals surface area contributed by atoms with Crippen molar-refractivity contribution < 1.29 is 19.1 Å². The number of carbonyl (C=O) groups excluding carboxylic acids is 2. The lowest BCUT2D eigenvalue weighted by Gasteiger charge is -2.37. The number of likely N-dealkylation sites (tertiary alicyclic amines) is 1. The van der Waals surface area contributed by atoms with Crippen LogP contribution in [0.1, 0.15) is 66.0 Å². The fraction of sp³-hybridized carbons (Fsp3) is 0.704. The molecule has 1 aliphatic heterocycles. The van der Waals surface area contributed by atoms with Gasteiger partial charge in [0.15, 0.2) is 8.32 Å². The highest BCUT2D eigenvalue weighted by Gasteiger charge is 2.43. The van der Waals surface area contributed by atoms with Crippen LogP contribution in [0.5, 0.6) is 0 Å². The lowest BCUT2D eigenvalue weighted by Crippen LogP contribution is -2.42. The number of amides is 1. The Morgan fingerprint density at radius 2 is 1.70 bits per heavy atom. The van der Waals surface area contributed by atoms with Crippen LogP contribution in [0.15, 0.2) is 30.3 Å². The molecule has 1 aromatic carbocycles. The predicted octanol–water partition coefficient (Wildman–Crippen LogP) is 5.46. The zero-order valence-electron chi connectivity index (χ0n) is 21.9. The highest BCUT2D eigenvalue weighted by molar-refractivity contribution is 6.74. The fourth-order valence-electron chi connectivity index (χ4n) is 4.27. The lowest BCUT2D eigenvalue weighted by atomic mass is 9.99. The number of ketones is 1. The van der Waals surface area contributed by atoms with Gasteiger partial charge in [0, 0.05) is 43.9 Å². The number of rotatable bonds is 6. The zero-order chi connectivity index (χ0) is 25.0. The molecule has 0 unspecified atom stereocenters. The molecular formula is C27H45NO4Si. The van der Waals surface area contributed by atoms with Crippen LogP contribution >= 0.6 is 0 Å². The number of Topliss-reactive ketones (excluding diaryl/α,β-unsaturated/α-hetero) is 1. The van der Waals surface area contributed by atoms with Gasteiger partial charge in [-0.2, -0.15) is 0 Å². The van der Waals surface area contributed by atoms with Crippen LogP contribution in [0, 0.1) is 23.7 Å². The standard InChI is InChI=1S/C20H33NO2Si.C7H12O2/c1-15-18(14-23-24(6,7)20(3,4)5)13-21(19(15)22)16(2)17-11-9-8-10-12-17;1-5-6(4-8)2-3-7(5)9/h8-12,15-16,18H,13-14H2,1-7H3;5-6,8H,2-4H2,1H3/t15-,16-,18-;5-,6-/m11/s1. The second-order valence-corrected chi connectivity index (χ2v) is 16.2.